The molecule has 0 heterocycles. The van der Waals surface area contributed by atoms with Crippen LogP contribution < -0.4 is 9.64 Å². The van der Waals surface area contributed by atoms with E-state index < -0.39 is 12.0 Å². The minimum atomic E-state index is -0.840. The second-order valence-electron chi connectivity index (χ2n) is 3.47. The number of carboxylic acids is 1. The first-order chi connectivity index (χ1) is 7.61. The number of hydrogen-bond acceptors (Lipinski definition) is 3. The first-order valence-electron chi connectivity index (χ1n) is 5.24. The standard InChI is InChI=1S/C12H17NO3/c1-4-13(9(2)12(14)15)10-7-5-6-8-11(10)16-3/h5-9H,4H2,1-3H3,(H,14,15)/t9-/m0/s1. The number of carbonyl (C=O) groups is 1. The lowest BCUT2D eigenvalue weighted by molar-refractivity contribution is -0.138. The average molecular weight is 223 g/mol. The lowest BCUT2D eigenvalue weighted by Crippen LogP contribution is -2.39. The highest BCUT2D eigenvalue weighted by molar-refractivity contribution is 5.78. The highest BCUT2D eigenvalue weighted by Crippen LogP contribution is 2.28. The van der Waals surface area contributed by atoms with Gasteiger partial charge >= 0.3 is 5.97 Å². The molecule has 1 atom stereocenters. The molecule has 0 saturated carbocycles. The van der Waals surface area contributed by atoms with Crippen molar-refractivity contribution < 1.29 is 14.6 Å². The van der Waals surface area contributed by atoms with Crippen LogP contribution in [0.4, 0.5) is 5.69 Å². The summed E-state index contributed by atoms with van der Waals surface area (Å²) in [6.07, 6.45) is 0. The van der Waals surface area contributed by atoms with Gasteiger partial charge in [-0.15, -0.1) is 0 Å². The third-order valence-corrected chi connectivity index (χ3v) is 2.56. The molecule has 88 valence electrons. The van der Waals surface area contributed by atoms with Gasteiger partial charge in [-0.25, -0.2) is 4.79 Å². The van der Waals surface area contributed by atoms with Crippen molar-refractivity contribution in [2.75, 3.05) is 18.6 Å². The van der Waals surface area contributed by atoms with E-state index in [0.29, 0.717) is 12.3 Å². The molecule has 0 aliphatic carbocycles. The molecule has 0 radical (unpaired) electrons. The molecule has 1 N–H and O–H groups in total. The van der Waals surface area contributed by atoms with Gasteiger partial charge in [-0.2, -0.15) is 0 Å². The van der Waals surface area contributed by atoms with Crippen molar-refractivity contribution in [3.63, 3.8) is 0 Å². The summed E-state index contributed by atoms with van der Waals surface area (Å²) in [5.74, 6) is -0.148. The van der Waals surface area contributed by atoms with Crippen LogP contribution in [0.5, 0.6) is 5.75 Å². The summed E-state index contributed by atoms with van der Waals surface area (Å²) in [6, 6.07) is 6.85. The maximum atomic E-state index is 11.0. The Balaban J connectivity index is 3.07. The molecule has 1 rings (SSSR count). The molecule has 1 aromatic carbocycles. The number of rotatable bonds is 5. The maximum absolute atomic E-state index is 11.0. The molecular weight excluding hydrogens is 206 g/mol. The number of likely N-dealkylation sites (N-methyl/N-ethyl adjacent to an activating group) is 1. The van der Waals surface area contributed by atoms with Crippen LogP contribution in [0.1, 0.15) is 13.8 Å². The van der Waals surface area contributed by atoms with E-state index in [9.17, 15) is 4.79 Å². The van der Waals surface area contributed by atoms with Crippen molar-refractivity contribution in [1.82, 2.24) is 0 Å². The first-order valence-corrected chi connectivity index (χ1v) is 5.24. The van der Waals surface area contributed by atoms with Crippen LogP contribution in [0.3, 0.4) is 0 Å². The van der Waals surface area contributed by atoms with E-state index in [1.165, 1.54) is 0 Å². The second-order valence-corrected chi connectivity index (χ2v) is 3.47. The molecule has 1 aromatic rings. The number of aliphatic carboxylic acids is 1. The summed E-state index contributed by atoms with van der Waals surface area (Å²) < 4.78 is 5.22. The topological polar surface area (TPSA) is 49.8 Å². The SMILES string of the molecule is CCN(c1ccccc1OC)[C@@H](C)C(=O)O. The Morgan fingerprint density at radius 3 is 2.62 bits per heavy atom. The Morgan fingerprint density at radius 1 is 1.50 bits per heavy atom. The molecule has 0 fully saturated rings. The predicted octanol–water partition coefficient (Wildman–Crippen LogP) is 1.99. The number of para-hydroxylation sites is 2. The minimum Gasteiger partial charge on any atom is -0.495 e. The van der Waals surface area contributed by atoms with Crippen LogP contribution >= 0.6 is 0 Å². The zero-order chi connectivity index (χ0) is 12.1. The first kappa shape index (κ1) is 12.4. The Kier molecular flexibility index (Phi) is 4.17. The molecule has 0 spiro atoms. The van der Waals surface area contributed by atoms with Crippen molar-refractivity contribution in [2.45, 2.75) is 19.9 Å². The van der Waals surface area contributed by atoms with E-state index in [1.54, 1.807) is 18.9 Å². The maximum Gasteiger partial charge on any atom is 0.326 e. The van der Waals surface area contributed by atoms with Gasteiger partial charge in [0.25, 0.3) is 0 Å². The number of anilines is 1. The molecule has 4 nitrogen and oxygen atoms in total. The molecule has 0 aliphatic heterocycles. The quantitative estimate of drug-likeness (QED) is 0.829. The van der Waals surface area contributed by atoms with E-state index in [-0.39, 0.29) is 0 Å². The third-order valence-electron chi connectivity index (χ3n) is 2.56. The highest BCUT2D eigenvalue weighted by atomic mass is 16.5. The number of nitrogens with zero attached hydrogens (tertiary/aromatic N) is 1. The van der Waals surface area contributed by atoms with Gasteiger partial charge in [0.15, 0.2) is 0 Å². The summed E-state index contributed by atoms with van der Waals surface area (Å²) in [6.45, 7) is 4.21. The van der Waals surface area contributed by atoms with E-state index in [4.69, 9.17) is 9.84 Å². The van der Waals surface area contributed by atoms with Crippen LogP contribution in [-0.4, -0.2) is 30.8 Å². The fourth-order valence-corrected chi connectivity index (χ4v) is 1.65. The van der Waals surface area contributed by atoms with Gasteiger partial charge in [-0.3, -0.25) is 0 Å². The summed E-state index contributed by atoms with van der Waals surface area (Å²) in [5.41, 5.74) is 0.808. The van der Waals surface area contributed by atoms with Crippen molar-refractivity contribution in [2.24, 2.45) is 0 Å². The average Bonchev–Trinajstić information content (AvgIpc) is 2.30. The monoisotopic (exact) mass is 223 g/mol. The molecular formula is C12H17NO3. The number of carboxylic acid groups (broad SMARTS) is 1. The predicted molar refractivity (Wildman–Crippen MR) is 63.1 cm³/mol. The van der Waals surface area contributed by atoms with Crippen LogP contribution in [-0.2, 0) is 4.79 Å². The summed E-state index contributed by atoms with van der Waals surface area (Å²) in [5, 5.41) is 9.03. The second kappa shape index (κ2) is 5.39. The lowest BCUT2D eigenvalue weighted by atomic mass is 10.2. The van der Waals surface area contributed by atoms with E-state index >= 15 is 0 Å². The van der Waals surface area contributed by atoms with Crippen molar-refractivity contribution in [3.05, 3.63) is 24.3 Å². The highest BCUT2D eigenvalue weighted by Gasteiger charge is 2.21. The van der Waals surface area contributed by atoms with Crippen LogP contribution in [0, 0.1) is 0 Å². The molecule has 0 amide bonds. The van der Waals surface area contributed by atoms with Crippen molar-refractivity contribution in [3.8, 4) is 5.75 Å². The van der Waals surface area contributed by atoms with Crippen LogP contribution in [0.2, 0.25) is 0 Å². The van der Waals surface area contributed by atoms with Gasteiger partial charge in [0, 0.05) is 6.54 Å². The molecule has 16 heavy (non-hydrogen) atoms. The molecule has 4 heteroatoms. The molecule has 0 saturated heterocycles. The summed E-state index contributed by atoms with van der Waals surface area (Å²) in [4.78, 5) is 12.8. The van der Waals surface area contributed by atoms with Crippen LogP contribution in [0.15, 0.2) is 24.3 Å². The van der Waals surface area contributed by atoms with Gasteiger partial charge in [-0.05, 0) is 26.0 Å². The normalized spacial score (nSPS) is 11.9. The Hall–Kier alpha value is -1.71. The molecule has 0 bridgehead atoms. The van der Waals surface area contributed by atoms with Crippen molar-refractivity contribution >= 4 is 11.7 Å². The smallest absolute Gasteiger partial charge is 0.326 e. The molecule has 0 aliphatic rings. The number of ether oxygens (including phenoxy) is 1. The Labute approximate surface area is 95.5 Å². The summed E-state index contributed by atoms with van der Waals surface area (Å²) in [7, 11) is 1.58. The van der Waals surface area contributed by atoms with Gasteiger partial charge < -0.3 is 14.7 Å². The van der Waals surface area contributed by atoms with E-state index in [0.717, 1.165) is 5.69 Å². The van der Waals surface area contributed by atoms with Gasteiger partial charge in [0.2, 0.25) is 0 Å². The Morgan fingerprint density at radius 2 is 2.12 bits per heavy atom. The minimum absolute atomic E-state index is 0.568. The zero-order valence-electron chi connectivity index (χ0n) is 9.80. The lowest BCUT2D eigenvalue weighted by Gasteiger charge is -2.28. The molecule has 0 aromatic heterocycles. The van der Waals surface area contributed by atoms with Gasteiger partial charge in [-0.1, -0.05) is 12.1 Å². The van der Waals surface area contributed by atoms with Gasteiger partial charge in [0.05, 0.1) is 12.8 Å². The number of hydrogen-bond donors (Lipinski definition) is 1. The molecule has 0 unspecified atom stereocenters. The largest absolute Gasteiger partial charge is 0.495 e. The van der Waals surface area contributed by atoms with Gasteiger partial charge in [0.1, 0.15) is 11.8 Å². The number of methoxy groups -OCH3 is 1. The third kappa shape index (κ3) is 2.45. The fourth-order valence-electron chi connectivity index (χ4n) is 1.65. The van der Waals surface area contributed by atoms with Crippen molar-refractivity contribution in [1.29, 1.82) is 0 Å². The fraction of sp³-hybridized carbons (Fsp3) is 0.417. The Bertz CT molecular complexity index is 365. The summed E-state index contributed by atoms with van der Waals surface area (Å²) >= 11 is 0. The van der Waals surface area contributed by atoms with E-state index in [1.807, 2.05) is 31.2 Å². The van der Waals surface area contributed by atoms with Crippen LogP contribution in [0.25, 0.3) is 0 Å². The van der Waals surface area contributed by atoms with E-state index in [2.05, 4.69) is 0 Å². The number of benzene rings is 1. The zero-order valence-corrected chi connectivity index (χ0v) is 9.80.